The Balaban J connectivity index is 2.00. The third-order valence-electron chi connectivity index (χ3n) is 2.15. The van der Waals surface area contributed by atoms with E-state index in [1.807, 2.05) is 5.43 Å². The molecule has 0 saturated carbocycles. The zero-order valence-corrected chi connectivity index (χ0v) is 11.9. The molecule has 0 atom stereocenters. The second-order valence-electron chi connectivity index (χ2n) is 3.48. The Labute approximate surface area is 120 Å². The SMILES string of the molecule is NNC(=O)c1nc(COc2ccc(F)c(Br)c2)cs1. The highest BCUT2D eigenvalue weighted by molar-refractivity contribution is 9.10. The number of nitrogens with two attached hydrogens (primary N) is 1. The number of amides is 1. The Morgan fingerprint density at radius 2 is 2.37 bits per heavy atom. The van der Waals surface area contributed by atoms with Crippen LogP contribution in [0, 0.1) is 5.82 Å². The number of nitrogen functional groups attached to an aromatic ring is 1. The van der Waals surface area contributed by atoms with Crippen LogP contribution in [0.15, 0.2) is 28.1 Å². The Morgan fingerprint density at radius 1 is 1.58 bits per heavy atom. The third-order valence-corrected chi connectivity index (χ3v) is 3.65. The van der Waals surface area contributed by atoms with Crippen LogP contribution in [0.4, 0.5) is 4.39 Å². The van der Waals surface area contributed by atoms with Crippen LogP contribution in [-0.4, -0.2) is 10.9 Å². The smallest absolute Gasteiger partial charge is 0.294 e. The predicted octanol–water partition coefficient (Wildman–Crippen LogP) is 2.23. The van der Waals surface area contributed by atoms with Crippen molar-refractivity contribution in [2.45, 2.75) is 6.61 Å². The van der Waals surface area contributed by atoms with Gasteiger partial charge in [0, 0.05) is 5.38 Å². The van der Waals surface area contributed by atoms with Gasteiger partial charge in [-0.05, 0) is 34.1 Å². The van der Waals surface area contributed by atoms with Crippen LogP contribution in [0.2, 0.25) is 0 Å². The molecule has 2 aromatic rings. The summed E-state index contributed by atoms with van der Waals surface area (Å²) in [6.45, 7) is 0.187. The van der Waals surface area contributed by atoms with Crippen LogP contribution in [0.3, 0.4) is 0 Å². The Bertz CT molecular complexity index is 605. The largest absolute Gasteiger partial charge is 0.487 e. The summed E-state index contributed by atoms with van der Waals surface area (Å²) in [4.78, 5) is 15.3. The number of nitrogens with zero attached hydrogens (tertiary/aromatic N) is 1. The molecule has 1 aromatic heterocycles. The zero-order valence-electron chi connectivity index (χ0n) is 9.52. The van der Waals surface area contributed by atoms with E-state index >= 15 is 0 Å². The van der Waals surface area contributed by atoms with Crippen LogP contribution >= 0.6 is 27.3 Å². The molecule has 0 aliphatic rings. The standard InChI is InChI=1S/C11H9BrFN3O2S/c12-8-3-7(1-2-9(8)13)18-4-6-5-19-11(15-6)10(17)16-14/h1-3,5H,4,14H2,(H,16,17). The van der Waals surface area contributed by atoms with Crippen molar-refractivity contribution in [1.82, 2.24) is 10.4 Å². The average molecular weight is 346 g/mol. The van der Waals surface area contributed by atoms with Gasteiger partial charge in [0.1, 0.15) is 18.2 Å². The third kappa shape index (κ3) is 3.49. The van der Waals surface area contributed by atoms with Crippen molar-refractivity contribution in [3.63, 3.8) is 0 Å². The summed E-state index contributed by atoms with van der Waals surface area (Å²) in [7, 11) is 0. The molecule has 19 heavy (non-hydrogen) atoms. The first-order chi connectivity index (χ1) is 9.10. The van der Waals surface area contributed by atoms with Crippen LogP contribution in [-0.2, 0) is 6.61 Å². The van der Waals surface area contributed by atoms with E-state index in [1.165, 1.54) is 29.5 Å². The number of aromatic nitrogens is 1. The Hall–Kier alpha value is -1.51. The molecule has 0 aliphatic heterocycles. The summed E-state index contributed by atoms with van der Waals surface area (Å²) in [6, 6.07) is 4.34. The van der Waals surface area contributed by atoms with Crippen molar-refractivity contribution in [2.24, 2.45) is 5.84 Å². The molecular weight excluding hydrogens is 337 g/mol. The van der Waals surface area contributed by atoms with Crippen LogP contribution in [0.25, 0.3) is 0 Å². The average Bonchev–Trinajstić information content (AvgIpc) is 2.88. The molecule has 0 radical (unpaired) electrons. The molecule has 5 nitrogen and oxygen atoms in total. The molecule has 8 heteroatoms. The molecule has 100 valence electrons. The number of carbonyl (C=O) groups is 1. The molecule has 0 bridgehead atoms. The second-order valence-corrected chi connectivity index (χ2v) is 5.19. The minimum Gasteiger partial charge on any atom is -0.487 e. The molecule has 0 unspecified atom stereocenters. The summed E-state index contributed by atoms with van der Waals surface area (Å²) < 4.78 is 18.8. The lowest BCUT2D eigenvalue weighted by atomic mass is 10.3. The summed E-state index contributed by atoms with van der Waals surface area (Å²) in [5.74, 6) is 4.71. The van der Waals surface area contributed by atoms with Crippen LogP contribution in [0.1, 0.15) is 15.5 Å². The van der Waals surface area contributed by atoms with E-state index in [-0.39, 0.29) is 17.4 Å². The highest BCUT2D eigenvalue weighted by Crippen LogP contribution is 2.22. The number of nitrogens with one attached hydrogen (secondary N) is 1. The van der Waals surface area contributed by atoms with Crippen molar-refractivity contribution in [3.05, 3.63) is 44.6 Å². The molecular formula is C11H9BrFN3O2S. The lowest BCUT2D eigenvalue weighted by Crippen LogP contribution is -2.29. The lowest BCUT2D eigenvalue weighted by Gasteiger charge is -2.04. The molecule has 0 fully saturated rings. The molecule has 0 aliphatic carbocycles. The van der Waals surface area contributed by atoms with Crippen molar-refractivity contribution < 1.29 is 13.9 Å². The fraction of sp³-hybridized carbons (Fsp3) is 0.0909. The van der Waals surface area contributed by atoms with Gasteiger partial charge >= 0.3 is 0 Å². The van der Waals surface area contributed by atoms with Gasteiger partial charge in [-0.2, -0.15) is 0 Å². The number of hydrogen-bond donors (Lipinski definition) is 2. The minimum atomic E-state index is -0.444. The van der Waals surface area contributed by atoms with E-state index in [0.29, 0.717) is 15.9 Å². The Kier molecular flexibility index (Phi) is 4.46. The zero-order chi connectivity index (χ0) is 13.8. The molecule has 2 rings (SSSR count). The van der Waals surface area contributed by atoms with Gasteiger partial charge in [0.2, 0.25) is 0 Å². The normalized spacial score (nSPS) is 10.3. The van der Waals surface area contributed by atoms with Gasteiger partial charge < -0.3 is 4.74 Å². The summed E-state index contributed by atoms with van der Waals surface area (Å²) in [5, 5.41) is 1.96. The van der Waals surface area contributed by atoms with Gasteiger partial charge in [-0.25, -0.2) is 15.2 Å². The van der Waals surface area contributed by atoms with Gasteiger partial charge in [-0.3, -0.25) is 10.2 Å². The first-order valence-corrected chi connectivity index (χ1v) is 6.80. The fourth-order valence-corrected chi connectivity index (χ4v) is 2.33. The number of hydrogen-bond acceptors (Lipinski definition) is 5. The van der Waals surface area contributed by atoms with E-state index in [0.717, 1.165) is 0 Å². The van der Waals surface area contributed by atoms with E-state index < -0.39 is 5.91 Å². The highest BCUT2D eigenvalue weighted by Gasteiger charge is 2.10. The number of benzene rings is 1. The van der Waals surface area contributed by atoms with E-state index in [1.54, 1.807) is 5.38 Å². The number of rotatable bonds is 4. The summed E-state index contributed by atoms with van der Waals surface area (Å²) >= 11 is 4.24. The minimum absolute atomic E-state index is 0.187. The van der Waals surface area contributed by atoms with E-state index in [4.69, 9.17) is 10.6 Å². The number of carbonyl (C=O) groups excluding carboxylic acids is 1. The van der Waals surface area contributed by atoms with Gasteiger partial charge in [0.15, 0.2) is 5.01 Å². The molecule has 1 aromatic carbocycles. The van der Waals surface area contributed by atoms with Crippen molar-refractivity contribution >= 4 is 33.2 Å². The maximum Gasteiger partial charge on any atom is 0.294 e. The first-order valence-electron chi connectivity index (χ1n) is 5.13. The van der Waals surface area contributed by atoms with E-state index in [2.05, 4.69) is 20.9 Å². The Morgan fingerprint density at radius 3 is 3.05 bits per heavy atom. The number of hydrazine groups is 1. The molecule has 0 spiro atoms. The number of halogens is 2. The lowest BCUT2D eigenvalue weighted by molar-refractivity contribution is 0.0953. The number of ether oxygens (including phenoxy) is 1. The summed E-state index contributed by atoms with van der Waals surface area (Å²) in [5.41, 5.74) is 2.60. The molecule has 0 saturated heterocycles. The van der Waals surface area contributed by atoms with Gasteiger partial charge in [0.05, 0.1) is 10.2 Å². The highest BCUT2D eigenvalue weighted by atomic mass is 79.9. The topological polar surface area (TPSA) is 77.2 Å². The quantitative estimate of drug-likeness (QED) is 0.506. The predicted molar refractivity (Wildman–Crippen MR) is 72.2 cm³/mol. The molecule has 1 amide bonds. The number of thiazole rings is 1. The maximum absolute atomic E-state index is 13.0. The van der Waals surface area contributed by atoms with E-state index in [9.17, 15) is 9.18 Å². The monoisotopic (exact) mass is 345 g/mol. The van der Waals surface area contributed by atoms with Crippen molar-refractivity contribution in [3.8, 4) is 5.75 Å². The molecule has 1 heterocycles. The summed E-state index contributed by atoms with van der Waals surface area (Å²) in [6.07, 6.45) is 0. The first kappa shape index (κ1) is 13.9. The van der Waals surface area contributed by atoms with Gasteiger partial charge in [-0.1, -0.05) is 0 Å². The van der Waals surface area contributed by atoms with Crippen molar-refractivity contribution in [2.75, 3.05) is 0 Å². The molecule has 3 N–H and O–H groups in total. The van der Waals surface area contributed by atoms with Crippen LogP contribution in [0.5, 0.6) is 5.75 Å². The van der Waals surface area contributed by atoms with Crippen LogP contribution < -0.4 is 16.0 Å². The van der Waals surface area contributed by atoms with Crippen molar-refractivity contribution in [1.29, 1.82) is 0 Å². The second kappa shape index (κ2) is 6.09. The van der Waals surface area contributed by atoms with Gasteiger partial charge in [0.25, 0.3) is 5.91 Å². The fourth-order valence-electron chi connectivity index (χ4n) is 1.26. The van der Waals surface area contributed by atoms with Gasteiger partial charge in [-0.15, -0.1) is 11.3 Å². The maximum atomic E-state index is 13.0.